The fourth-order valence-corrected chi connectivity index (χ4v) is 4.24. The standard InChI is InChI=1S/C26H24ClN3OS/c1-17-7-13-22(14-8-17)30-15-24(20-9-11-21(27)12-10-20)29-26(30)32-16-25(31)28-23-6-4-5-18(2)19(23)3/h4-15H,16H2,1-3H3,(H,28,31). The largest absolute Gasteiger partial charge is 0.325 e. The first-order valence-electron chi connectivity index (χ1n) is 10.3. The lowest BCUT2D eigenvalue weighted by Gasteiger charge is -2.11. The van der Waals surface area contributed by atoms with Crippen LogP contribution in [0, 0.1) is 20.8 Å². The summed E-state index contributed by atoms with van der Waals surface area (Å²) in [5.74, 6) is 0.200. The molecular weight excluding hydrogens is 438 g/mol. The zero-order chi connectivity index (χ0) is 22.7. The van der Waals surface area contributed by atoms with Gasteiger partial charge in [-0.25, -0.2) is 4.98 Å². The number of thioether (sulfide) groups is 1. The Balaban J connectivity index is 1.58. The molecule has 1 N–H and O–H groups in total. The highest BCUT2D eigenvalue weighted by Gasteiger charge is 2.14. The molecule has 3 aromatic carbocycles. The average Bonchev–Trinajstić information content (AvgIpc) is 3.21. The number of aromatic nitrogens is 2. The van der Waals surface area contributed by atoms with E-state index in [9.17, 15) is 4.79 Å². The van der Waals surface area contributed by atoms with Gasteiger partial charge in [-0.1, -0.05) is 65.3 Å². The Morgan fingerprint density at radius 1 is 1.00 bits per heavy atom. The summed E-state index contributed by atoms with van der Waals surface area (Å²) in [6, 6.07) is 21.8. The first kappa shape index (κ1) is 22.2. The summed E-state index contributed by atoms with van der Waals surface area (Å²) < 4.78 is 2.03. The highest BCUT2D eigenvalue weighted by molar-refractivity contribution is 7.99. The second-order valence-corrected chi connectivity index (χ2v) is 9.08. The van der Waals surface area contributed by atoms with E-state index in [1.807, 2.05) is 67.1 Å². The van der Waals surface area contributed by atoms with Crippen LogP contribution in [-0.2, 0) is 4.79 Å². The topological polar surface area (TPSA) is 46.9 Å². The van der Waals surface area contributed by atoms with Crippen molar-refractivity contribution in [3.05, 3.63) is 94.6 Å². The van der Waals surface area contributed by atoms with E-state index in [1.54, 1.807) is 0 Å². The van der Waals surface area contributed by atoms with Crippen LogP contribution in [-0.4, -0.2) is 21.2 Å². The lowest BCUT2D eigenvalue weighted by atomic mass is 10.1. The molecule has 0 spiro atoms. The minimum atomic E-state index is -0.0600. The third kappa shape index (κ3) is 5.06. The maximum atomic E-state index is 12.7. The van der Waals surface area contributed by atoms with Gasteiger partial charge in [0.25, 0.3) is 0 Å². The molecule has 162 valence electrons. The molecule has 0 saturated carbocycles. The molecule has 1 amide bonds. The Bertz CT molecular complexity index is 1250. The smallest absolute Gasteiger partial charge is 0.234 e. The van der Waals surface area contributed by atoms with Gasteiger partial charge in [0.05, 0.1) is 11.4 Å². The molecule has 0 radical (unpaired) electrons. The van der Waals surface area contributed by atoms with Gasteiger partial charge in [0.15, 0.2) is 5.16 Å². The van der Waals surface area contributed by atoms with Crippen molar-refractivity contribution in [2.75, 3.05) is 11.1 Å². The van der Waals surface area contributed by atoms with Gasteiger partial charge in [-0.3, -0.25) is 9.36 Å². The maximum Gasteiger partial charge on any atom is 0.234 e. The van der Waals surface area contributed by atoms with Crippen molar-refractivity contribution in [3.63, 3.8) is 0 Å². The fraction of sp³-hybridized carbons (Fsp3) is 0.154. The number of carbonyl (C=O) groups is 1. The molecule has 32 heavy (non-hydrogen) atoms. The summed E-state index contributed by atoms with van der Waals surface area (Å²) in [6.07, 6.45) is 2.00. The molecule has 4 aromatic rings. The van der Waals surface area contributed by atoms with Gasteiger partial charge in [-0.2, -0.15) is 0 Å². The van der Waals surface area contributed by atoms with Gasteiger partial charge < -0.3 is 5.32 Å². The minimum Gasteiger partial charge on any atom is -0.325 e. The third-order valence-electron chi connectivity index (χ3n) is 5.34. The molecule has 6 heteroatoms. The number of nitrogens with one attached hydrogen (secondary N) is 1. The lowest BCUT2D eigenvalue weighted by Crippen LogP contribution is -2.15. The number of rotatable bonds is 6. The van der Waals surface area contributed by atoms with E-state index in [1.165, 1.54) is 17.3 Å². The predicted octanol–water partition coefficient (Wildman–Crippen LogP) is 6.85. The summed E-state index contributed by atoms with van der Waals surface area (Å²) >= 11 is 7.46. The summed E-state index contributed by atoms with van der Waals surface area (Å²) in [5.41, 5.74) is 7.07. The van der Waals surface area contributed by atoms with E-state index in [4.69, 9.17) is 16.6 Å². The number of imidazole rings is 1. The second-order valence-electron chi connectivity index (χ2n) is 7.71. The molecule has 0 bridgehead atoms. The van der Waals surface area contributed by atoms with Crippen molar-refractivity contribution in [3.8, 4) is 16.9 Å². The van der Waals surface area contributed by atoms with Crippen LogP contribution in [0.5, 0.6) is 0 Å². The Morgan fingerprint density at radius 3 is 2.44 bits per heavy atom. The number of aryl methyl sites for hydroxylation is 2. The van der Waals surface area contributed by atoms with Gasteiger partial charge in [-0.05, 0) is 62.2 Å². The minimum absolute atomic E-state index is 0.0600. The first-order chi connectivity index (χ1) is 15.4. The molecule has 0 fully saturated rings. The van der Waals surface area contributed by atoms with Crippen LogP contribution < -0.4 is 5.32 Å². The molecule has 0 atom stereocenters. The van der Waals surface area contributed by atoms with Crippen LogP contribution in [0.15, 0.2) is 78.1 Å². The number of amides is 1. The summed E-state index contributed by atoms with van der Waals surface area (Å²) in [6.45, 7) is 6.11. The highest BCUT2D eigenvalue weighted by atomic mass is 35.5. The maximum absolute atomic E-state index is 12.7. The summed E-state index contributed by atoms with van der Waals surface area (Å²) in [5, 5.41) is 4.47. The zero-order valence-corrected chi connectivity index (χ0v) is 19.8. The summed E-state index contributed by atoms with van der Waals surface area (Å²) in [4.78, 5) is 17.5. The number of hydrogen-bond acceptors (Lipinski definition) is 3. The van der Waals surface area contributed by atoms with Crippen molar-refractivity contribution in [2.24, 2.45) is 0 Å². The lowest BCUT2D eigenvalue weighted by molar-refractivity contribution is -0.113. The molecule has 0 aliphatic rings. The van der Waals surface area contributed by atoms with E-state index >= 15 is 0 Å². The molecule has 0 aliphatic heterocycles. The number of hydrogen-bond donors (Lipinski definition) is 1. The molecule has 4 nitrogen and oxygen atoms in total. The SMILES string of the molecule is Cc1ccc(-n2cc(-c3ccc(Cl)cc3)nc2SCC(=O)Nc2cccc(C)c2C)cc1. The predicted molar refractivity (Wildman–Crippen MR) is 134 cm³/mol. The molecule has 0 saturated heterocycles. The van der Waals surface area contributed by atoms with E-state index in [0.717, 1.165) is 38.9 Å². The molecule has 1 aromatic heterocycles. The van der Waals surface area contributed by atoms with Gasteiger partial charge in [0.1, 0.15) is 0 Å². The van der Waals surface area contributed by atoms with Crippen LogP contribution in [0.2, 0.25) is 5.02 Å². The number of nitrogens with zero attached hydrogens (tertiary/aromatic N) is 2. The van der Waals surface area contributed by atoms with E-state index < -0.39 is 0 Å². The number of carbonyl (C=O) groups excluding carboxylic acids is 1. The van der Waals surface area contributed by atoms with Crippen molar-refractivity contribution in [2.45, 2.75) is 25.9 Å². The third-order valence-corrected chi connectivity index (χ3v) is 6.54. The van der Waals surface area contributed by atoms with Gasteiger partial charge in [0, 0.05) is 28.2 Å². The van der Waals surface area contributed by atoms with Gasteiger partial charge >= 0.3 is 0 Å². The Labute approximate surface area is 197 Å². The summed E-state index contributed by atoms with van der Waals surface area (Å²) in [7, 11) is 0. The Kier molecular flexibility index (Phi) is 6.68. The van der Waals surface area contributed by atoms with Crippen LogP contribution in [0.3, 0.4) is 0 Å². The van der Waals surface area contributed by atoms with Crippen molar-refractivity contribution in [1.82, 2.24) is 9.55 Å². The Morgan fingerprint density at radius 2 is 1.72 bits per heavy atom. The van der Waals surface area contributed by atoms with Gasteiger partial charge in [-0.15, -0.1) is 0 Å². The zero-order valence-electron chi connectivity index (χ0n) is 18.2. The van der Waals surface area contributed by atoms with Crippen molar-refractivity contribution >= 4 is 35.0 Å². The van der Waals surface area contributed by atoms with Crippen molar-refractivity contribution < 1.29 is 4.79 Å². The van der Waals surface area contributed by atoms with Crippen LogP contribution >= 0.6 is 23.4 Å². The van der Waals surface area contributed by atoms with Crippen LogP contribution in [0.4, 0.5) is 5.69 Å². The fourth-order valence-electron chi connectivity index (χ4n) is 3.32. The molecule has 1 heterocycles. The van der Waals surface area contributed by atoms with Crippen molar-refractivity contribution in [1.29, 1.82) is 0 Å². The Hall–Kier alpha value is -3.02. The first-order valence-corrected chi connectivity index (χ1v) is 11.7. The van der Waals surface area contributed by atoms with Crippen LogP contribution in [0.1, 0.15) is 16.7 Å². The number of halogens is 1. The molecular formula is C26H24ClN3OS. The quantitative estimate of drug-likeness (QED) is 0.319. The van der Waals surface area contributed by atoms with Gasteiger partial charge in [0.2, 0.25) is 5.91 Å². The average molecular weight is 462 g/mol. The normalized spacial score (nSPS) is 10.9. The molecule has 4 rings (SSSR count). The van der Waals surface area contributed by atoms with E-state index in [2.05, 4.69) is 36.5 Å². The van der Waals surface area contributed by atoms with Crippen LogP contribution in [0.25, 0.3) is 16.9 Å². The second kappa shape index (κ2) is 9.63. The molecule has 0 aliphatic carbocycles. The molecule has 0 unspecified atom stereocenters. The monoisotopic (exact) mass is 461 g/mol. The van der Waals surface area contributed by atoms with E-state index in [0.29, 0.717) is 5.02 Å². The number of anilines is 1. The van der Waals surface area contributed by atoms with E-state index in [-0.39, 0.29) is 11.7 Å². The highest BCUT2D eigenvalue weighted by Crippen LogP contribution is 2.28. The number of benzene rings is 3.